The first-order chi connectivity index (χ1) is 8.69. The molecule has 0 spiro atoms. The van der Waals surface area contributed by atoms with Gasteiger partial charge in [0, 0.05) is 5.56 Å². The Balaban J connectivity index is 3.06. The number of rotatable bonds is 5. The molecule has 0 aromatic heterocycles. The van der Waals surface area contributed by atoms with E-state index in [4.69, 9.17) is 26.2 Å². The fraction of sp³-hybridized carbons (Fsp3) is 0.182. The van der Waals surface area contributed by atoms with E-state index in [-0.39, 0.29) is 12.6 Å². The fourth-order valence-electron chi connectivity index (χ4n) is 1.21. The van der Waals surface area contributed by atoms with Gasteiger partial charge in [-0.1, -0.05) is 6.07 Å². The minimum atomic E-state index is -0.145. The van der Waals surface area contributed by atoms with Crippen LogP contribution in [0.2, 0.25) is 0 Å². The molecular formula is C11H13N5O2. The number of benzene rings is 1. The molecule has 0 fully saturated rings. The molecule has 0 bridgehead atoms. The molecule has 0 unspecified atom stereocenters. The second-order valence-electron chi connectivity index (χ2n) is 3.09. The molecule has 0 saturated heterocycles. The predicted octanol–water partition coefficient (Wildman–Crippen LogP) is 0.205. The molecule has 0 aliphatic rings. The first-order valence-corrected chi connectivity index (χ1v) is 4.97. The Kier molecular flexibility index (Phi) is 4.99. The molecule has 94 valence electrons. The number of hydrogen-bond acceptors (Lipinski definition) is 5. The largest absolute Gasteiger partial charge is 0.493 e. The van der Waals surface area contributed by atoms with E-state index in [1.54, 1.807) is 18.2 Å². The second kappa shape index (κ2) is 6.75. The Morgan fingerprint density at radius 2 is 2.28 bits per heavy atom. The summed E-state index contributed by atoms with van der Waals surface area (Å²) in [5.74, 6) is 0.767. The normalized spacial score (nSPS) is 9.78. The van der Waals surface area contributed by atoms with Gasteiger partial charge in [-0.25, -0.2) is 0 Å². The Morgan fingerprint density at radius 1 is 1.50 bits per heavy atom. The fourth-order valence-corrected chi connectivity index (χ4v) is 1.21. The molecule has 0 heterocycles. The molecule has 0 amide bonds. The van der Waals surface area contributed by atoms with Crippen LogP contribution in [0.5, 0.6) is 11.5 Å². The van der Waals surface area contributed by atoms with E-state index in [1.807, 2.05) is 6.07 Å². The highest BCUT2D eigenvalue weighted by molar-refractivity contribution is 5.86. The van der Waals surface area contributed by atoms with Gasteiger partial charge in [-0.3, -0.25) is 0 Å². The van der Waals surface area contributed by atoms with Crippen LogP contribution in [-0.4, -0.2) is 25.9 Å². The molecule has 0 saturated carbocycles. The molecule has 7 heteroatoms. The number of nitriles is 1. The predicted molar refractivity (Wildman–Crippen MR) is 67.5 cm³/mol. The van der Waals surface area contributed by atoms with Crippen molar-refractivity contribution < 1.29 is 9.47 Å². The third-order valence-corrected chi connectivity index (χ3v) is 1.88. The van der Waals surface area contributed by atoms with Gasteiger partial charge in [0.15, 0.2) is 18.1 Å². The zero-order valence-corrected chi connectivity index (χ0v) is 9.83. The lowest BCUT2D eigenvalue weighted by atomic mass is 10.2. The SMILES string of the molecule is COc1cccc(C=NN=C(N)N)c1OCC#N. The van der Waals surface area contributed by atoms with Crippen LogP contribution in [0.3, 0.4) is 0 Å². The van der Waals surface area contributed by atoms with Crippen LogP contribution in [0.1, 0.15) is 5.56 Å². The topological polar surface area (TPSA) is 119 Å². The lowest BCUT2D eigenvalue weighted by molar-refractivity contribution is 0.329. The number of hydrogen-bond donors (Lipinski definition) is 2. The van der Waals surface area contributed by atoms with Gasteiger partial charge in [-0.05, 0) is 12.1 Å². The number of methoxy groups -OCH3 is 1. The molecule has 1 aromatic carbocycles. The Bertz CT molecular complexity index is 501. The van der Waals surface area contributed by atoms with Crippen molar-refractivity contribution in [2.75, 3.05) is 13.7 Å². The lowest BCUT2D eigenvalue weighted by Gasteiger charge is -2.10. The summed E-state index contributed by atoms with van der Waals surface area (Å²) < 4.78 is 10.4. The maximum atomic E-state index is 8.53. The third kappa shape index (κ3) is 3.68. The van der Waals surface area contributed by atoms with Crippen molar-refractivity contribution in [3.63, 3.8) is 0 Å². The van der Waals surface area contributed by atoms with Crippen LogP contribution in [0.25, 0.3) is 0 Å². The quantitative estimate of drug-likeness (QED) is 0.437. The van der Waals surface area contributed by atoms with E-state index < -0.39 is 0 Å². The van der Waals surface area contributed by atoms with Gasteiger partial charge in [0.05, 0.1) is 13.3 Å². The van der Waals surface area contributed by atoms with E-state index in [1.165, 1.54) is 13.3 Å². The minimum Gasteiger partial charge on any atom is -0.493 e. The Labute approximate surface area is 104 Å². The van der Waals surface area contributed by atoms with E-state index in [0.29, 0.717) is 17.1 Å². The van der Waals surface area contributed by atoms with Crippen molar-refractivity contribution in [2.45, 2.75) is 0 Å². The third-order valence-electron chi connectivity index (χ3n) is 1.88. The standard InChI is InChI=1S/C11H13N5O2/c1-17-9-4-2-3-8(7-15-16-11(13)14)10(9)18-6-5-12/h2-4,7H,6H2,1H3,(H4,13,14,16). The molecule has 0 aliphatic heterocycles. The average molecular weight is 247 g/mol. The van der Waals surface area contributed by atoms with Crippen LogP contribution in [0.15, 0.2) is 28.4 Å². The highest BCUT2D eigenvalue weighted by Crippen LogP contribution is 2.29. The maximum absolute atomic E-state index is 8.53. The highest BCUT2D eigenvalue weighted by Gasteiger charge is 2.08. The summed E-state index contributed by atoms with van der Waals surface area (Å²) in [6.07, 6.45) is 1.41. The summed E-state index contributed by atoms with van der Waals surface area (Å²) >= 11 is 0. The van der Waals surface area contributed by atoms with Gasteiger partial charge in [0.1, 0.15) is 6.07 Å². The summed E-state index contributed by atoms with van der Waals surface area (Å²) in [5.41, 5.74) is 10.9. The number of para-hydroxylation sites is 1. The Morgan fingerprint density at radius 3 is 2.89 bits per heavy atom. The summed E-state index contributed by atoms with van der Waals surface area (Å²) in [6.45, 7) is -0.0937. The van der Waals surface area contributed by atoms with Crippen LogP contribution in [0, 0.1) is 11.3 Å². The molecule has 4 N–H and O–H groups in total. The van der Waals surface area contributed by atoms with Gasteiger partial charge in [-0.2, -0.15) is 10.4 Å². The number of guanidine groups is 1. The summed E-state index contributed by atoms with van der Waals surface area (Å²) in [7, 11) is 1.51. The van der Waals surface area contributed by atoms with E-state index in [0.717, 1.165) is 0 Å². The van der Waals surface area contributed by atoms with Gasteiger partial charge in [0.2, 0.25) is 5.96 Å². The van der Waals surface area contributed by atoms with Crippen molar-refractivity contribution in [3.05, 3.63) is 23.8 Å². The minimum absolute atomic E-state index is 0.0937. The maximum Gasteiger partial charge on any atom is 0.211 e. The van der Waals surface area contributed by atoms with Crippen LogP contribution in [0.4, 0.5) is 0 Å². The zero-order valence-electron chi connectivity index (χ0n) is 9.83. The monoisotopic (exact) mass is 247 g/mol. The van der Waals surface area contributed by atoms with Gasteiger partial charge >= 0.3 is 0 Å². The van der Waals surface area contributed by atoms with Crippen molar-refractivity contribution in [1.82, 2.24) is 0 Å². The van der Waals surface area contributed by atoms with Crippen molar-refractivity contribution in [3.8, 4) is 17.6 Å². The van der Waals surface area contributed by atoms with Crippen molar-refractivity contribution >= 4 is 12.2 Å². The Hall–Kier alpha value is -2.75. The molecule has 1 aromatic rings. The van der Waals surface area contributed by atoms with Crippen LogP contribution < -0.4 is 20.9 Å². The van der Waals surface area contributed by atoms with Gasteiger partial charge < -0.3 is 20.9 Å². The zero-order chi connectivity index (χ0) is 13.4. The molecule has 7 nitrogen and oxygen atoms in total. The van der Waals surface area contributed by atoms with Crippen LogP contribution in [-0.2, 0) is 0 Å². The lowest BCUT2D eigenvalue weighted by Crippen LogP contribution is -2.21. The summed E-state index contributed by atoms with van der Waals surface area (Å²) in [5, 5.41) is 15.7. The molecule has 1 rings (SSSR count). The van der Waals surface area contributed by atoms with Crippen molar-refractivity contribution in [1.29, 1.82) is 5.26 Å². The second-order valence-corrected chi connectivity index (χ2v) is 3.09. The van der Waals surface area contributed by atoms with Gasteiger partial charge in [-0.15, -0.1) is 5.10 Å². The first-order valence-electron chi connectivity index (χ1n) is 4.97. The molecule has 0 atom stereocenters. The van der Waals surface area contributed by atoms with Crippen molar-refractivity contribution in [2.24, 2.45) is 21.7 Å². The summed E-state index contributed by atoms with van der Waals surface area (Å²) in [6, 6.07) is 7.09. The highest BCUT2D eigenvalue weighted by atomic mass is 16.5. The van der Waals surface area contributed by atoms with Gasteiger partial charge in [0.25, 0.3) is 0 Å². The van der Waals surface area contributed by atoms with E-state index in [2.05, 4.69) is 10.2 Å². The molecular weight excluding hydrogens is 234 g/mol. The van der Waals surface area contributed by atoms with E-state index in [9.17, 15) is 0 Å². The van der Waals surface area contributed by atoms with Crippen LogP contribution >= 0.6 is 0 Å². The molecule has 18 heavy (non-hydrogen) atoms. The summed E-state index contributed by atoms with van der Waals surface area (Å²) in [4.78, 5) is 0. The average Bonchev–Trinajstić information content (AvgIpc) is 2.36. The van der Waals surface area contributed by atoms with E-state index >= 15 is 0 Å². The number of nitrogens with two attached hydrogens (primary N) is 2. The smallest absolute Gasteiger partial charge is 0.211 e. The number of ether oxygens (including phenoxy) is 2. The molecule has 0 aliphatic carbocycles. The molecule has 0 radical (unpaired) electrons. The number of nitrogens with zero attached hydrogens (tertiary/aromatic N) is 3. The first kappa shape index (κ1) is 13.3.